The van der Waals surface area contributed by atoms with E-state index in [2.05, 4.69) is 14.9 Å². The molecule has 2 heterocycles. The van der Waals surface area contributed by atoms with E-state index in [1.165, 1.54) is 24.2 Å². The number of aromatic nitrogens is 2. The molecule has 1 aromatic heterocycles. The Hall–Kier alpha value is -1.16. The number of anilines is 1. The fourth-order valence-corrected chi connectivity index (χ4v) is 2.39. The first kappa shape index (κ1) is 10.0. The van der Waals surface area contributed by atoms with Crippen LogP contribution in [0.25, 0.3) is 0 Å². The molecule has 0 atom stereocenters. The highest BCUT2D eigenvalue weighted by Gasteiger charge is 2.30. The van der Waals surface area contributed by atoms with Gasteiger partial charge in [0.15, 0.2) is 0 Å². The molecule has 1 saturated carbocycles. The highest BCUT2D eigenvalue weighted by molar-refractivity contribution is 5.51. The average molecular weight is 218 g/mol. The van der Waals surface area contributed by atoms with E-state index in [1.54, 1.807) is 6.33 Å². The van der Waals surface area contributed by atoms with E-state index in [1.807, 2.05) is 6.20 Å². The number of hydrogen-bond donors (Lipinski definition) is 1. The predicted octanol–water partition coefficient (Wildman–Crippen LogP) is 1.28. The molecule has 3 rings (SSSR count). The Labute approximate surface area is 95.9 Å². The van der Waals surface area contributed by atoms with Gasteiger partial charge in [-0.1, -0.05) is 0 Å². The first-order valence-electron chi connectivity index (χ1n) is 6.15. The molecular weight excluding hydrogens is 200 g/mol. The molecule has 4 nitrogen and oxygen atoms in total. The maximum Gasteiger partial charge on any atom is 0.115 e. The summed E-state index contributed by atoms with van der Waals surface area (Å²) in [7, 11) is 0. The Morgan fingerprint density at radius 2 is 1.94 bits per heavy atom. The molecule has 1 aliphatic carbocycles. The van der Waals surface area contributed by atoms with Gasteiger partial charge in [-0.2, -0.15) is 0 Å². The maximum absolute atomic E-state index is 5.93. The first-order chi connectivity index (χ1) is 7.84. The minimum atomic E-state index is 0.380. The number of rotatable bonds is 2. The molecule has 2 fully saturated rings. The van der Waals surface area contributed by atoms with Gasteiger partial charge in [-0.05, 0) is 25.7 Å². The Morgan fingerprint density at radius 1 is 1.19 bits per heavy atom. The molecule has 4 heteroatoms. The van der Waals surface area contributed by atoms with Gasteiger partial charge >= 0.3 is 0 Å². The second-order valence-electron chi connectivity index (χ2n) is 4.89. The SMILES string of the molecule is NC1CCN(c2cncnc2C2CC2)CC1. The molecule has 1 aromatic rings. The third-order valence-corrected chi connectivity index (χ3v) is 3.57. The van der Waals surface area contributed by atoms with Gasteiger partial charge in [-0.3, -0.25) is 0 Å². The fourth-order valence-electron chi connectivity index (χ4n) is 2.39. The van der Waals surface area contributed by atoms with Crippen LogP contribution in [0.1, 0.15) is 37.3 Å². The van der Waals surface area contributed by atoms with Gasteiger partial charge in [0.2, 0.25) is 0 Å². The van der Waals surface area contributed by atoms with Crippen molar-refractivity contribution in [2.45, 2.75) is 37.6 Å². The van der Waals surface area contributed by atoms with Crippen LogP contribution in [-0.2, 0) is 0 Å². The zero-order valence-corrected chi connectivity index (χ0v) is 9.47. The normalized spacial score (nSPS) is 22.4. The van der Waals surface area contributed by atoms with Crippen LogP contribution in [0.2, 0.25) is 0 Å². The lowest BCUT2D eigenvalue weighted by atomic mass is 10.0. The van der Waals surface area contributed by atoms with Crippen molar-refractivity contribution >= 4 is 5.69 Å². The summed E-state index contributed by atoms with van der Waals surface area (Å²) in [6, 6.07) is 0.380. The summed E-state index contributed by atoms with van der Waals surface area (Å²) >= 11 is 0. The van der Waals surface area contributed by atoms with Crippen molar-refractivity contribution < 1.29 is 0 Å². The summed E-state index contributed by atoms with van der Waals surface area (Å²) in [5, 5.41) is 0. The minimum absolute atomic E-state index is 0.380. The van der Waals surface area contributed by atoms with Crippen LogP contribution < -0.4 is 10.6 Å². The third kappa shape index (κ3) is 1.89. The number of piperidine rings is 1. The Balaban J connectivity index is 1.82. The minimum Gasteiger partial charge on any atom is -0.369 e. The summed E-state index contributed by atoms with van der Waals surface area (Å²) in [6.45, 7) is 2.10. The van der Waals surface area contributed by atoms with Crippen molar-refractivity contribution in [1.29, 1.82) is 0 Å². The molecule has 0 unspecified atom stereocenters. The molecule has 0 radical (unpaired) electrons. The third-order valence-electron chi connectivity index (χ3n) is 3.57. The second-order valence-corrected chi connectivity index (χ2v) is 4.89. The summed E-state index contributed by atoms with van der Waals surface area (Å²) in [5.41, 5.74) is 8.43. The number of hydrogen-bond acceptors (Lipinski definition) is 4. The van der Waals surface area contributed by atoms with E-state index in [0.29, 0.717) is 12.0 Å². The molecule has 16 heavy (non-hydrogen) atoms. The van der Waals surface area contributed by atoms with Crippen molar-refractivity contribution in [2.75, 3.05) is 18.0 Å². The monoisotopic (exact) mass is 218 g/mol. The van der Waals surface area contributed by atoms with Gasteiger partial charge in [0.1, 0.15) is 6.33 Å². The molecule has 0 aromatic carbocycles. The van der Waals surface area contributed by atoms with Gasteiger partial charge in [0.05, 0.1) is 17.6 Å². The van der Waals surface area contributed by atoms with E-state index < -0.39 is 0 Å². The smallest absolute Gasteiger partial charge is 0.115 e. The van der Waals surface area contributed by atoms with Crippen LogP contribution >= 0.6 is 0 Å². The second kappa shape index (κ2) is 4.01. The highest BCUT2D eigenvalue weighted by atomic mass is 15.2. The standard InChI is InChI=1S/C12H18N4/c13-10-3-5-16(6-4-10)11-7-14-8-15-12(11)9-1-2-9/h7-10H,1-6,13H2. The Morgan fingerprint density at radius 3 is 2.62 bits per heavy atom. The lowest BCUT2D eigenvalue weighted by Gasteiger charge is -2.32. The number of nitrogens with zero attached hydrogens (tertiary/aromatic N) is 3. The molecule has 1 saturated heterocycles. The summed E-state index contributed by atoms with van der Waals surface area (Å²) in [6.07, 6.45) is 8.39. The van der Waals surface area contributed by atoms with E-state index in [9.17, 15) is 0 Å². The maximum atomic E-state index is 5.93. The Kier molecular flexibility index (Phi) is 2.52. The highest BCUT2D eigenvalue weighted by Crippen LogP contribution is 2.43. The quantitative estimate of drug-likeness (QED) is 0.812. The zero-order valence-electron chi connectivity index (χ0n) is 9.47. The number of nitrogens with two attached hydrogens (primary N) is 1. The van der Waals surface area contributed by atoms with Gasteiger partial charge in [0.25, 0.3) is 0 Å². The van der Waals surface area contributed by atoms with E-state index in [4.69, 9.17) is 5.73 Å². The van der Waals surface area contributed by atoms with Crippen LogP contribution in [0.15, 0.2) is 12.5 Å². The van der Waals surface area contributed by atoms with Gasteiger partial charge in [-0.15, -0.1) is 0 Å². The van der Waals surface area contributed by atoms with Crippen LogP contribution in [-0.4, -0.2) is 29.1 Å². The van der Waals surface area contributed by atoms with E-state index in [0.717, 1.165) is 25.9 Å². The molecule has 86 valence electrons. The largest absolute Gasteiger partial charge is 0.369 e. The van der Waals surface area contributed by atoms with Crippen molar-refractivity contribution in [1.82, 2.24) is 9.97 Å². The molecule has 1 aliphatic heterocycles. The van der Waals surface area contributed by atoms with Crippen LogP contribution in [0.4, 0.5) is 5.69 Å². The van der Waals surface area contributed by atoms with Crippen LogP contribution in [0.3, 0.4) is 0 Å². The topological polar surface area (TPSA) is 55.0 Å². The molecule has 0 bridgehead atoms. The van der Waals surface area contributed by atoms with Crippen molar-refractivity contribution in [2.24, 2.45) is 5.73 Å². The predicted molar refractivity (Wildman–Crippen MR) is 63.4 cm³/mol. The zero-order chi connectivity index (χ0) is 11.0. The average Bonchev–Trinajstić information content (AvgIpc) is 3.14. The molecular formula is C12H18N4. The van der Waals surface area contributed by atoms with Gasteiger partial charge in [-0.25, -0.2) is 9.97 Å². The fraction of sp³-hybridized carbons (Fsp3) is 0.667. The van der Waals surface area contributed by atoms with Crippen LogP contribution in [0, 0.1) is 0 Å². The van der Waals surface area contributed by atoms with Gasteiger partial charge < -0.3 is 10.6 Å². The van der Waals surface area contributed by atoms with Gasteiger partial charge in [0, 0.05) is 25.0 Å². The molecule has 2 N–H and O–H groups in total. The van der Waals surface area contributed by atoms with Crippen molar-refractivity contribution in [3.63, 3.8) is 0 Å². The summed E-state index contributed by atoms with van der Waals surface area (Å²) in [5.74, 6) is 0.689. The summed E-state index contributed by atoms with van der Waals surface area (Å²) in [4.78, 5) is 11.0. The lowest BCUT2D eigenvalue weighted by Crippen LogP contribution is -2.40. The van der Waals surface area contributed by atoms with E-state index >= 15 is 0 Å². The molecule has 0 spiro atoms. The van der Waals surface area contributed by atoms with Crippen LogP contribution in [0.5, 0.6) is 0 Å². The molecule has 0 amide bonds. The molecule has 2 aliphatic rings. The summed E-state index contributed by atoms with van der Waals surface area (Å²) < 4.78 is 0. The first-order valence-corrected chi connectivity index (χ1v) is 6.15. The van der Waals surface area contributed by atoms with Crippen molar-refractivity contribution in [3.05, 3.63) is 18.2 Å². The Bertz CT molecular complexity index is 367. The van der Waals surface area contributed by atoms with Crippen molar-refractivity contribution in [3.8, 4) is 0 Å². The lowest BCUT2D eigenvalue weighted by molar-refractivity contribution is 0.499. The van der Waals surface area contributed by atoms with E-state index in [-0.39, 0.29) is 0 Å².